The molecular weight excluding hydrogens is 215 g/mol. The van der Waals surface area contributed by atoms with Crippen LogP contribution in [0.3, 0.4) is 0 Å². The largest absolute Gasteiger partial charge is 0.391 e. The zero-order valence-electron chi connectivity index (χ0n) is 9.52. The van der Waals surface area contributed by atoms with Crippen LogP contribution in [0.1, 0.15) is 44.9 Å². The van der Waals surface area contributed by atoms with Crippen molar-refractivity contribution in [1.29, 1.82) is 0 Å². The zero-order valence-corrected chi connectivity index (χ0v) is 9.52. The molecule has 0 spiro atoms. The topological polar surface area (TPSA) is 12.0 Å². The van der Waals surface area contributed by atoms with E-state index in [2.05, 4.69) is 5.32 Å². The SMILES string of the molecule is FC(F)(F)[C@H]1CC[C@H](CNC2CCC2)CC1. The minimum absolute atomic E-state index is 0.334. The van der Waals surface area contributed by atoms with Crippen LogP contribution in [0.2, 0.25) is 0 Å². The van der Waals surface area contributed by atoms with Gasteiger partial charge in [-0.1, -0.05) is 6.42 Å². The van der Waals surface area contributed by atoms with E-state index in [-0.39, 0.29) is 0 Å². The number of hydrogen-bond donors (Lipinski definition) is 1. The summed E-state index contributed by atoms with van der Waals surface area (Å²) in [5.74, 6) is -0.563. The summed E-state index contributed by atoms with van der Waals surface area (Å²) in [7, 11) is 0. The number of nitrogens with one attached hydrogen (secondary N) is 1. The Bertz CT molecular complexity index is 215. The predicted octanol–water partition coefficient (Wildman–Crippen LogP) is 3.50. The van der Waals surface area contributed by atoms with Gasteiger partial charge in [0.2, 0.25) is 0 Å². The molecule has 0 aliphatic heterocycles. The van der Waals surface area contributed by atoms with Gasteiger partial charge in [-0.3, -0.25) is 0 Å². The van der Waals surface area contributed by atoms with Gasteiger partial charge in [-0.2, -0.15) is 13.2 Å². The fourth-order valence-corrected chi connectivity index (χ4v) is 2.64. The first-order valence-electron chi connectivity index (χ1n) is 6.36. The molecule has 2 saturated carbocycles. The van der Waals surface area contributed by atoms with Gasteiger partial charge in [-0.25, -0.2) is 0 Å². The van der Waals surface area contributed by atoms with E-state index in [4.69, 9.17) is 0 Å². The van der Waals surface area contributed by atoms with Gasteiger partial charge in [0.15, 0.2) is 0 Å². The molecular formula is C12H20F3N. The average molecular weight is 235 g/mol. The molecule has 1 N–H and O–H groups in total. The number of halogens is 3. The maximum Gasteiger partial charge on any atom is 0.391 e. The molecule has 0 aromatic rings. The lowest BCUT2D eigenvalue weighted by atomic mass is 9.81. The molecule has 0 unspecified atom stereocenters. The van der Waals surface area contributed by atoms with Gasteiger partial charge >= 0.3 is 6.18 Å². The van der Waals surface area contributed by atoms with Crippen LogP contribution >= 0.6 is 0 Å². The van der Waals surface area contributed by atoms with E-state index in [1.54, 1.807) is 0 Å². The van der Waals surface area contributed by atoms with Crippen molar-refractivity contribution in [3.8, 4) is 0 Å². The molecule has 0 heterocycles. The summed E-state index contributed by atoms with van der Waals surface area (Å²) in [5, 5.41) is 3.46. The minimum atomic E-state index is -3.97. The van der Waals surface area contributed by atoms with Gasteiger partial charge in [0.05, 0.1) is 5.92 Å². The Balaban J connectivity index is 1.64. The Hall–Kier alpha value is -0.250. The zero-order chi connectivity index (χ0) is 11.6. The normalized spacial score (nSPS) is 32.4. The van der Waals surface area contributed by atoms with Crippen LogP contribution in [-0.2, 0) is 0 Å². The van der Waals surface area contributed by atoms with E-state index < -0.39 is 12.1 Å². The van der Waals surface area contributed by atoms with Crippen molar-refractivity contribution < 1.29 is 13.2 Å². The second-order valence-corrected chi connectivity index (χ2v) is 5.30. The van der Waals surface area contributed by atoms with Crippen LogP contribution in [0.5, 0.6) is 0 Å². The Morgan fingerprint density at radius 3 is 2.00 bits per heavy atom. The number of alkyl halides is 3. The first kappa shape index (κ1) is 12.2. The minimum Gasteiger partial charge on any atom is -0.314 e. The van der Waals surface area contributed by atoms with Crippen LogP contribution in [-0.4, -0.2) is 18.8 Å². The summed E-state index contributed by atoms with van der Waals surface area (Å²) < 4.78 is 37.3. The third-order valence-electron chi connectivity index (χ3n) is 4.11. The number of hydrogen-bond acceptors (Lipinski definition) is 1. The van der Waals surface area contributed by atoms with Crippen molar-refractivity contribution in [1.82, 2.24) is 5.32 Å². The molecule has 0 saturated heterocycles. The molecule has 94 valence electrons. The lowest BCUT2D eigenvalue weighted by Crippen LogP contribution is -2.39. The van der Waals surface area contributed by atoms with Crippen LogP contribution in [0.15, 0.2) is 0 Å². The van der Waals surface area contributed by atoms with Gasteiger partial charge in [-0.05, 0) is 51.0 Å². The lowest BCUT2D eigenvalue weighted by Gasteiger charge is -2.33. The van der Waals surface area contributed by atoms with Gasteiger partial charge in [0, 0.05) is 6.04 Å². The van der Waals surface area contributed by atoms with Crippen LogP contribution in [0.25, 0.3) is 0 Å². The molecule has 0 radical (unpaired) electrons. The Morgan fingerprint density at radius 1 is 0.938 bits per heavy atom. The first-order valence-corrected chi connectivity index (χ1v) is 6.36. The molecule has 0 aromatic carbocycles. The smallest absolute Gasteiger partial charge is 0.314 e. The summed E-state index contributed by atoms with van der Waals surface area (Å²) in [4.78, 5) is 0. The second-order valence-electron chi connectivity index (χ2n) is 5.30. The molecule has 0 bridgehead atoms. The van der Waals surface area contributed by atoms with Gasteiger partial charge in [0.25, 0.3) is 0 Å². The predicted molar refractivity (Wildman–Crippen MR) is 57.1 cm³/mol. The van der Waals surface area contributed by atoms with Crippen molar-refractivity contribution >= 4 is 0 Å². The highest BCUT2D eigenvalue weighted by molar-refractivity contribution is 4.81. The monoisotopic (exact) mass is 235 g/mol. The van der Waals surface area contributed by atoms with E-state index >= 15 is 0 Å². The highest BCUT2D eigenvalue weighted by atomic mass is 19.4. The van der Waals surface area contributed by atoms with Crippen LogP contribution < -0.4 is 5.32 Å². The Kier molecular flexibility index (Phi) is 3.77. The fourth-order valence-electron chi connectivity index (χ4n) is 2.64. The summed E-state index contributed by atoms with van der Waals surface area (Å²) in [6, 6.07) is 0.653. The van der Waals surface area contributed by atoms with Crippen LogP contribution in [0.4, 0.5) is 13.2 Å². The van der Waals surface area contributed by atoms with Crippen molar-refractivity contribution in [3.05, 3.63) is 0 Å². The Labute approximate surface area is 94.8 Å². The van der Waals surface area contributed by atoms with E-state index in [1.807, 2.05) is 0 Å². The quantitative estimate of drug-likeness (QED) is 0.789. The molecule has 2 aliphatic rings. The van der Waals surface area contributed by atoms with E-state index in [0.717, 1.165) is 19.4 Å². The first-order chi connectivity index (χ1) is 7.55. The van der Waals surface area contributed by atoms with Crippen LogP contribution in [0, 0.1) is 11.8 Å². The number of rotatable bonds is 3. The standard InChI is InChI=1S/C12H20F3N/c13-12(14,15)10-6-4-9(5-7-10)8-16-11-2-1-3-11/h9-11,16H,1-8H2/t9-,10-. The second kappa shape index (κ2) is 4.94. The summed E-state index contributed by atoms with van der Waals surface area (Å²) in [6.07, 6.45) is 1.98. The fraction of sp³-hybridized carbons (Fsp3) is 1.00. The molecule has 2 aliphatic carbocycles. The van der Waals surface area contributed by atoms with Crippen molar-refractivity contribution in [3.63, 3.8) is 0 Å². The molecule has 2 rings (SSSR count). The molecule has 0 aromatic heterocycles. The van der Waals surface area contributed by atoms with Crippen molar-refractivity contribution in [2.45, 2.75) is 57.2 Å². The maximum absolute atomic E-state index is 12.4. The Morgan fingerprint density at radius 2 is 1.56 bits per heavy atom. The summed E-state index contributed by atoms with van der Waals surface area (Å²) in [6.45, 7) is 0.926. The molecule has 0 atom stereocenters. The summed E-state index contributed by atoms with van der Waals surface area (Å²) >= 11 is 0. The summed E-state index contributed by atoms with van der Waals surface area (Å²) in [5.41, 5.74) is 0. The van der Waals surface area contributed by atoms with Crippen molar-refractivity contribution in [2.24, 2.45) is 11.8 Å². The molecule has 16 heavy (non-hydrogen) atoms. The van der Waals surface area contributed by atoms with Gasteiger partial charge in [-0.15, -0.1) is 0 Å². The highest BCUT2D eigenvalue weighted by Crippen LogP contribution is 2.39. The molecule has 4 heteroatoms. The maximum atomic E-state index is 12.4. The van der Waals surface area contributed by atoms with Crippen molar-refractivity contribution in [2.75, 3.05) is 6.54 Å². The molecule has 1 nitrogen and oxygen atoms in total. The third kappa shape index (κ3) is 3.12. The van der Waals surface area contributed by atoms with Gasteiger partial charge < -0.3 is 5.32 Å². The molecule has 2 fully saturated rings. The van der Waals surface area contributed by atoms with E-state index in [0.29, 0.717) is 24.8 Å². The average Bonchev–Trinajstić information content (AvgIpc) is 2.15. The molecule has 0 amide bonds. The lowest BCUT2D eigenvalue weighted by molar-refractivity contribution is -0.183. The van der Waals surface area contributed by atoms with E-state index in [9.17, 15) is 13.2 Å². The third-order valence-corrected chi connectivity index (χ3v) is 4.11. The highest BCUT2D eigenvalue weighted by Gasteiger charge is 2.41. The van der Waals surface area contributed by atoms with E-state index in [1.165, 1.54) is 19.3 Å². The van der Waals surface area contributed by atoms with Gasteiger partial charge in [0.1, 0.15) is 0 Å².